The van der Waals surface area contributed by atoms with Crippen molar-refractivity contribution in [3.05, 3.63) is 52.8 Å². The van der Waals surface area contributed by atoms with Crippen LogP contribution in [0.15, 0.2) is 35.6 Å². The van der Waals surface area contributed by atoms with Gasteiger partial charge >= 0.3 is 0 Å². The van der Waals surface area contributed by atoms with E-state index in [0.717, 1.165) is 38.9 Å². The minimum absolute atomic E-state index is 0.0633. The summed E-state index contributed by atoms with van der Waals surface area (Å²) in [6.07, 6.45) is 5.15. The topological polar surface area (TPSA) is 38.1 Å². The van der Waals surface area contributed by atoms with Crippen molar-refractivity contribution < 1.29 is 4.39 Å². The maximum Gasteiger partial charge on any atom is 0.261 e. The molecule has 0 radical (unpaired) electrons. The molecule has 4 nitrogen and oxygen atoms in total. The van der Waals surface area contributed by atoms with Crippen LogP contribution >= 0.6 is 0 Å². The molecule has 1 fully saturated rings. The first kappa shape index (κ1) is 16.8. The summed E-state index contributed by atoms with van der Waals surface area (Å²) in [5.74, 6) is 0.784. The van der Waals surface area contributed by atoms with Crippen molar-refractivity contribution in [3.8, 4) is 0 Å². The van der Waals surface area contributed by atoms with Gasteiger partial charge in [0, 0.05) is 19.2 Å². The number of rotatable bonds is 5. The lowest BCUT2D eigenvalue weighted by Crippen LogP contribution is -2.37. The minimum Gasteiger partial charge on any atom is -0.303 e. The molecule has 0 aliphatic carbocycles. The molecular formula is C19H24FN3O. The first-order valence-electron chi connectivity index (χ1n) is 8.58. The number of halogens is 1. The Labute approximate surface area is 141 Å². The van der Waals surface area contributed by atoms with E-state index in [2.05, 4.69) is 16.5 Å². The van der Waals surface area contributed by atoms with Crippen LogP contribution in [0.4, 0.5) is 4.39 Å². The summed E-state index contributed by atoms with van der Waals surface area (Å²) < 4.78 is 15.1. The molecule has 0 bridgehead atoms. The number of aromatic nitrogens is 2. The van der Waals surface area contributed by atoms with Crippen molar-refractivity contribution in [2.75, 3.05) is 19.6 Å². The molecule has 1 aliphatic heterocycles. The van der Waals surface area contributed by atoms with Gasteiger partial charge in [0.05, 0.1) is 10.9 Å². The summed E-state index contributed by atoms with van der Waals surface area (Å²) >= 11 is 0. The number of hydrogen-bond acceptors (Lipinski definition) is 3. The van der Waals surface area contributed by atoms with Crippen LogP contribution < -0.4 is 5.56 Å². The second-order valence-corrected chi connectivity index (χ2v) is 6.60. The van der Waals surface area contributed by atoms with E-state index < -0.39 is 0 Å². The van der Waals surface area contributed by atoms with E-state index in [9.17, 15) is 9.18 Å². The first-order chi connectivity index (χ1) is 11.6. The average molecular weight is 329 g/mol. The summed E-state index contributed by atoms with van der Waals surface area (Å²) in [7, 11) is 0. The molecule has 0 unspecified atom stereocenters. The van der Waals surface area contributed by atoms with Crippen LogP contribution in [0, 0.1) is 18.7 Å². The average Bonchev–Trinajstić information content (AvgIpc) is 2.57. The molecule has 2 aromatic rings. The van der Waals surface area contributed by atoms with E-state index in [1.807, 2.05) is 13.0 Å². The Bertz CT molecular complexity index is 791. The van der Waals surface area contributed by atoms with Crippen molar-refractivity contribution in [1.82, 2.24) is 14.5 Å². The molecule has 0 saturated carbocycles. The van der Waals surface area contributed by atoms with Gasteiger partial charge in [0.2, 0.25) is 0 Å². The number of benzene rings is 1. The van der Waals surface area contributed by atoms with Gasteiger partial charge in [-0.15, -0.1) is 6.58 Å². The third-order valence-electron chi connectivity index (χ3n) is 4.91. The Morgan fingerprint density at radius 2 is 2.12 bits per heavy atom. The van der Waals surface area contributed by atoms with Gasteiger partial charge in [-0.2, -0.15) is 0 Å². The maximum absolute atomic E-state index is 13.3. The summed E-state index contributed by atoms with van der Waals surface area (Å²) in [4.78, 5) is 19.6. The van der Waals surface area contributed by atoms with Crippen LogP contribution in [-0.2, 0) is 6.54 Å². The first-order valence-corrected chi connectivity index (χ1v) is 8.58. The van der Waals surface area contributed by atoms with E-state index in [4.69, 9.17) is 0 Å². The molecule has 0 atom stereocenters. The van der Waals surface area contributed by atoms with Crippen LogP contribution in [0.1, 0.15) is 25.1 Å². The Hall–Kier alpha value is -2.01. The standard InChI is InChI=1S/C19H24FN3O/c1-3-4-9-22-10-7-15(8-11-22)13-23-14(2)21-18-12-16(20)5-6-17(18)19(23)24/h3,5-6,12,15H,1,4,7-11,13H2,2H3. The van der Waals surface area contributed by atoms with Gasteiger partial charge in [0.25, 0.3) is 5.56 Å². The van der Waals surface area contributed by atoms with Gasteiger partial charge in [-0.05, 0) is 57.3 Å². The molecule has 1 aromatic heterocycles. The summed E-state index contributed by atoms with van der Waals surface area (Å²) in [6, 6.07) is 4.18. The van der Waals surface area contributed by atoms with E-state index in [1.54, 1.807) is 4.57 Å². The number of nitrogens with zero attached hydrogens (tertiary/aromatic N) is 3. The fourth-order valence-electron chi connectivity index (χ4n) is 3.44. The highest BCUT2D eigenvalue weighted by atomic mass is 19.1. The highest BCUT2D eigenvalue weighted by Crippen LogP contribution is 2.20. The predicted molar refractivity (Wildman–Crippen MR) is 94.7 cm³/mol. The molecule has 3 rings (SSSR count). The third kappa shape index (κ3) is 3.56. The smallest absolute Gasteiger partial charge is 0.261 e. The lowest BCUT2D eigenvalue weighted by Gasteiger charge is -2.32. The number of likely N-dealkylation sites (tertiary alicyclic amines) is 1. The van der Waals surface area contributed by atoms with Crippen molar-refractivity contribution >= 4 is 10.9 Å². The second kappa shape index (κ2) is 7.26. The fourth-order valence-corrected chi connectivity index (χ4v) is 3.44. The molecule has 5 heteroatoms. The Balaban J connectivity index is 1.75. The molecule has 1 aromatic carbocycles. The van der Waals surface area contributed by atoms with Gasteiger partial charge in [-0.25, -0.2) is 9.37 Å². The quantitative estimate of drug-likeness (QED) is 0.791. The third-order valence-corrected chi connectivity index (χ3v) is 4.91. The Morgan fingerprint density at radius 1 is 1.38 bits per heavy atom. The van der Waals surface area contributed by atoms with E-state index in [0.29, 0.717) is 29.2 Å². The van der Waals surface area contributed by atoms with Gasteiger partial charge in [-0.3, -0.25) is 9.36 Å². The molecule has 24 heavy (non-hydrogen) atoms. The van der Waals surface area contributed by atoms with Gasteiger partial charge < -0.3 is 4.90 Å². The van der Waals surface area contributed by atoms with Gasteiger partial charge in [0.1, 0.15) is 11.6 Å². The number of fused-ring (bicyclic) bond motifs is 1. The molecular weight excluding hydrogens is 305 g/mol. The van der Waals surface area contributed by atoms with Crippen LogP contribution in [0.3, 0.4) is 0 Å². The van der Waals surface area contributed by atoms with Gasteiger partial charge in [-0.1, -0.05) is 6.08 Å². The number of piperidine rings is 1. The zero-order chi connectivity index (χ0) is 17.1. The molecule has 2 heterocycles. The molecule has 1 aliphatic rings. The largest absolute Gasteiger partial charge is 0.303 e. The highest BCUT2D eigenvalue weighted by molar-refractivity contribution is 5.77. The fraction of sp³-hybridized carbons (Fsp3) is 0.474. The van der Waals surface area contributed by atoms with Crippen LogP contribution in [-0.4, -0.2) is 34.1 Å². The second-order valence-electron chi connectivity index (χ2n) is 6.60. The summed E-state index contributed by atoms with van der Waals surface area (Å²) in [6.45, 7) is 9.49. The van der Waals surface area contributed by atoms with E-state index in [1.165, 1.54) is 18.2 Å². The lowest BCUT2D eigenvalue weighted by molar-refractivity contribution is 0.175. The zero-order valence-corrected chi connectivity index (χ0v) is 14.2. The predicted octanol–water partition coefficient (Wildman–Crippen LogP) is 3.13. The normalized spacial score (nSPS) is 16.6. The van der Waals surface area contributed by atoms with Gasteiger partial charge in [0.15, 0.2) is 0 Å². The van der Waals surface area contributed by atoms with Crippen molar-refractivity contribution in [2.45, 2.75) is 32.7 Å². The lowest BCUT2D eigenvalue weighted by atomic mass is 9.96. The summed E-state index contributed by atoms with van der Waals surface area (Å²) in [5.41, 5.74) is 0.375. The molecule has 0 amide bonds. The molecule has 0 N–H and O–H groups in total. The summed E-state index contributed by atoms with van der Waals surface area (Å²) in [5, 5.41) is 0.491. The van der Waals surface area contributed by atoms with Crippen molar-refractivity contribution in [2.24, 2.45) is 5.92 Å². The van der Waals surface area contributed by atoms with Crippen LogP contribution in [0.25, 0.3) is 10.9 Å². The monoisotopic (exact) mass is 329 g/mol. The van der Waals surface area contributed by atoms with Crippen molar-refractivity contribution in [1.29, 1.82) is 0 Å². The maximum atomic E-state index is 13.3. The molecule has 128 valence electrons. The van der Waals surface area contributed by atoms with Crippen molar-refractivity contribution in [3.63, 3.8) is 0 Å². The molecule has 1 saturated heterocycles. The van der Waals surface area contributed by atoms with Crippen LogP contribution in [0.5, 0.6) is 0 Å². The Kier molecular flexibility index (Phi) is 5.09. The Morgan fingerprint density at radius 3 is 2.83 bits per heavy atom. The number of aryl methyl sites for hydroxylation is 1. The van der Waals surface area contributed by atoms with Crippen LogP contribution in [0.2, 0.25) is 0 Å². The van der Waals surface area contributed by atoms with E-state index in [-0.39, 0.29) is 11.4 Å². The SMILES string of the molecule is C=CCCN1CCC(Cn2c(C)nc3cc(F)ccc3c2=O)CC1. The number of hydrogen-bond donors (Lipinski definition) is 0. The zero-order valence-electron chi connectivity index (χ0n) is 14.2. The van der Waals surface area contributed by atoms with E-state index >= 15 is 0 Å². The molecule has 0 spiro atoms. The minimum atomic E-state index is -0.363. The highest BCUT2D eigenvalue weighted by Gasteiger charge is 2.20.